The van der Waals surface area contributed by atoms with Gasteiger partial charge in [-0.05, 0) is 50.3 Å². The standard InChI is InChI=1S/C16H26N2O/c1-11(2)6-8-13(4)17-15-9-7-12(3)16(10-15)18-14(5)19/h7,9-11,13,17H,6,8H2,1-5H3,(H,18,19). The lowest BCUT2D eigenvalue weighted by molar-refractivity contribution is -0.114. The Morgan fingerprint density at radius 2 is 1.89 bits per heavy atom. The molecule has 3 heteroatoms. The molecule has 0 aliphatic heterocycles. The van der Waals surface area contributed by atoms with Gasteiger partial charge in [-0.2, -0.15) is 0 Å². The van der Waals surface area contributed by atoms with Gasteiger partial charge in [0, 0.05) is 24.3 Å². The number of carbonyl (C=O) groups is 1. The van der Waals surface area contributed by atoms with Crippen molar-refractivity contribution < 1.29 is 4.79 Å². The third kappa shape index (κ3) is 5.77. The number of nitrogens with one attached hydrogen (secondary N) is 2. The molecule has 0 heterocycles. The average Bonchev–Trinajstić information content (AvgIpc) is 2.30. The lowest BCUT2D eigenvalue weighted by atomic mass is 10.0. The third-order valence-corrected chi connectivity index (χ3v) is 3.14. The minimum Gasteiger partial charge on any atom is -0.383 e. The third-order valence-electron chi connectivity index (χ3n) is 3.14. The molecule has 1 aromatic rings. The first-order valence-corrected chi connectivity index (χ1v) is 7.03. The van der Waals surface area contributed by atoms with E-state index in [1.54, 1.807) is 0 Å². The van der Waals surface area contributed by atoms with Gasteiger partial charge in [-0.3, -0.25) is 4.79 Å². The van der Waals surface area contributed by atoms with Crippen LogP contribution in [0, 0.1) is 12.8 Å². The maximum atomic E-state index is 11.1. The minimum atomic E-state index is -0.0342. The highest BCUT2D eigenvalue weighted by Gasteiger charge is 2.06. The number of amides is 1. The van der Waals surface area contributed by atoms with Gasteiger partial charge < -0.3 is 10.6 Å². The zero-order valence-corrected chi connectivity index (χ0v) is 12.7. The molecule has 0 radical (unpaired) electrons. The van der Waals surface area contributed by atoms with Crippen LogP contribution in [0.1, 0.15) is 46.1 Å². The van der Waals surface area contributed by atoms with Crippen molar-refractivity contribution >= 4 is 17.3 Å². The number of benzene rings is 1. The van der Waals surface area contributed by atoms with Gasteiger partial charge >= 0.3 is 0 Å². The molecule has 1 rings (SSSR count). The second kappa shape index (κ2) is 7.17. The fourth-order valence-electron chi connectivity index (χ4n) is 1.98. The zero-order valence-electron chi connectivity index (χ0n) is 12.7. The monoisotopic (exact) mass is 262 g/mol. The van der Waals surface area contributed by atoms with E-state index >= 15 is 0 Å². The van der Waals surface area contributed by atoms with Gasteiger partial charge in [-0.1, -0.05) is 19.9 Å². The summed E-state index contributed by atoms with van der Waals surface area (Å²) in [7, 11) is 0. The Bertz CT molecular complexity index is 427. The van der Waals surface area contributed by atoms with Crippen molar-refractivity contribution in [2.24, 2.45) is 5.92 Å². The molecular formula is C16H26N2O. The van der Waals surface area contributed by atoms with Crippen LogP contribution in [0.4, 0.5) is 11.4 Å². The molecule has 0 bridgehead atoms. The number of rotatable bonds is 6. The van der Waals surface area contributed by atoms with Crippen molar-refractivity contribution in [1.82, 2.24) is 0 Å². The van der Waals surface area contributed by atoms with Crippen LogP contribution >= 0.6 is 0 Å². The van der Waals surface area contributed by atoms with Crippen LogP contribution in [0.25, 0.3) is 0 Å². The number of aryl methyl sites for hydroxylation is 1. The summed E-state index contributed by atoms with van der Waals surface area (Å²) in [4.78, 5) is 11.1. The van der Waals surface area contributed by atoms with E-state index in [2.05, 4.69) is 37.5 Å². The predicted molar refractivity (Wildman–Crippen MR) is 82.6 cm³/mol. The molecule has 1 amide bonds. The highest BCUT2D eigenvalue weighted by atomic mass is 16.1. The van der Waals surface area contributed by atoms with E-state index in [0.717, 1.165) is 29.3 Å². The Kier molecular flexibility index (Phi) is 5.87. The molecule has 106 valence electrons. The summed E-state index contributed by atoms with van der Waals surface area (Å²) in [5.41, 5.74) is 3.02. The van der Waals surface area contributed by atoms with Crippen molar-refractivity contribution in [2.45, 2.75) is 53.5 Å². The van der Waals surface area contributed by atoms with Gasteiger partial charge in [0.25, 0.3) is 0 Å². The Morgan fingerprint density at radius 3 is 2.47 bits per heavy atom. The van der Waals surface area contributed by atoms with Gasteiger partial charge in [0.1, 0.15) is 0 Å². The van der Waals surface area contributed by atoms with E-state index in [4.69, 9.17) is 0 Å². The van der Waals surface area contributed by atoms with Crippen LogP contribution in [0.3, 0.4) is 0 Å². The molecule has 0 spiro atoms. The molecule has 0 aliphatic carbocycles. The Balaban J connectivity index is 2.65. The second-order valence-corrected chi connectivity index (χ2v) is 5.73. The second-order valence-electron chi connectivity index (χ2n) is 5.73. The minimum absolute atomic E-state index is 0.0342. The van der Waals surface area contributed by atoms with Gasteiger partial charge in [-0.25, -0.2) is 0 Å². The predicted octanol–water partition coefficient (Wildman–Crippen LogP) is 4.19. The lowest BCUT2D eigenvalue weighted by Gasteiger charge is -2.17. The molecule has 1 atom stereocenters. The molecule has 1 unspecified atom stereocenters. The molecule has 3 nitrogen and oxygen atoms in total. The quantitative estimate of drug-likeness (QED) is 0.807. The molecule has 0 aromatic heterocycles. The van der Waals surface area contributed by atoms with E-state index in [1.807, 2.05) is 19.1 Å². The summed E-state index contributed by atoms with van der Waals surface area (Å²) in [5.74, 6) is 0.699. The summed E-state index contributed by atoms with van der Waals surface area (Å²) < 4.78 is 0. The molecule has 19 heavy (non-hydrogen) atoms. The molecule has 2 N–H and O–H groups in total. The maximum absolute atomic E-state index is 11.1. The smallest absolute Gasteiger partial charge is 0.221 e. The summed E-state index contributed by atoms with van der Waals surface area (Å²) in [6.07, 6.45) is 2.37. The van der Waals surface area contributed by atoms with Crippen LogP contribution in [0.5, 0.6) is 0 Å². The normalized spacial score (nSPS) is 12.3. The fourth-order valence-corrected chi connectivity index (χ4v) is 1.98. The van der Waals surface area contributed by atoms with Crippen LogP contribution < -0.4 is 10.6 Å². The SMILES string of the molecule is CC(=O)Nc1cc(NC(C)CCC(C)C)ccc1C. The number of anilines is 2. The van der Waals surface area contributed by atoms with Crippen LogP contribution in [-0.4, -0.2) is 11.9 Å². The summed E-state index contributed by atoms with van der Waals surface area (Å²) in [5, 5.41) is 6.34. The van der Waals surface area contributed by atoms with Crippen molar-refractivity contribution in [2.75, 3.05) is 10.6 Å². The first-order valence-electron chi connectivity index (χ1n) is 7.03. The zero-order chi connectivity index (χ0) is 14.4. The van der Waals surface area contributed by atoms with Gasteiger partial charge in [0.15, 0.2) is 0 Å². The van der Waals surface area contributed by atoms with Gasteiger partial charge in [0.05, 0.1) is 0 Å². The Morgan fingerprint density at radius 1 is 1.21 bits per heavy atom. The highest BCUT2D eigenvalue weighted by Crippen LogP contribution is 2.21. The van der Waals surface area contributed by atoms with Crippen molar-refractivity contribution in [3.8, 4) is 0 Å². The summed E-state index contributed by atoms with van der Waals surface area (Å²) in [6.45, 7) is 10.2. The van der Waals surface area contributed by atoms with Gasteiger partial charge in [0.2, 0.25) is 5.91 Å². The number of hydrogen-bond donors (Lipinski definition) is 2. The number of carbonyl (C=O) groups excluding carboxylic acids is 1. The summed E-state index contributed by atoms with van der Waals surface area (Å²) >= 11 is 0. The van der Waals surface area contributed by atoms with Crippen LogP contribution in [-0.2, 0) is 4.79 Å². The first kappa shape index (κ1) is 15.5. The molecule has 0 fully saturated rings. The van der Waals surface area contributed by atoms with E-state index in [1.165, 1.54) is 13.3 Å². The summed E-state index contributed by atoms with van der Waals surface area (Å²) in [6, 6.07) is 6.54. The topological polar surface area (TPSA) is 41.1 Å². The van der Waals surface area contributed by atoms with E-state index in [-0.39, 0.29) is 5.91 Å². The molecule has 0 saturated carbocycles. The average molecular weight is 262 g/mol. The first-order chi connectivity index (χ1) is 8.88. The fraction of sp³-hybridized carbons (Fsp3) is 0.562. The van der Waals surface area contributed by atoms with Crippen molar-refractivity contribution in [3.05, 3.63) is 23.8 Å². The Hall–Kier alpha value is -1.51. The Labute approximate surface area is 116 Å². The largest absolute Gasteiger partial charge is 0.383 e. The van der Waals surface area contributed by atoms with Crippen molar-refractivity contribution in [3.63, 3.8) is 0 Å². The maximum Gasteiger partial charge on any atom is 0.221 e. The highest BCUT2D eigenvalue weighted by molar-refractivity contribution is 5.90. The molecule has 0 aliphatic rings. The van der Waals surface area contributed by atoms with Gasteiger partial charge in [-0.15, -0.1) is 0 Å². The van der Waals surface area contributed by atoms with Crippen LogP contribution in [0.2, 0.25) is 0 Å². The lowest BCUT2D eigenvalue weighted by Crippen LogP contribution is -2.16. The van der Waals surface area contributed by atoms with E-state index < -0.39 is 0 Å². The molecule has 1 aromatic carbocycles. The van der Waals surface area contributed by atoms with Crippen molar-refractivity contribution in [1.29, 1.82) is 0 Å². The van der Waals surface area contributed by atoms with E-state index in [0.29, 0.717) is 6.04 Å². The molecule has 0 saturated heterocycles. The number of hydrogen-bond acceptors (Lipinski definition) is 2. The molecular weight excluding hydrogens is 236 g/mol. The van der Waals surface area contributed by atoms with Crippen LogP contribution in [0.15, 0.2) is 18.2 Å². The van der Waals surface area contributed by atoms with E-state index in [9.17, 15) is 4.79 Å².